The Morgan fingerprint density at radius 3 is 2.63 bits per heavy atom. The molecule has 0 atom stereocenters. The zero-order valence-electron chi connectivity index (χ0n) is 18.6. The summed E-state index contributed by atoms with van der Waals surface area (Å²) < 4.78 is 5.59. The lowest BCUT2D eigenvalue weighted by atomic mass is 10.2. The van der Waals surface area contributed by atoms with Crippen molar-refractivity contribution < 1.29 is 14.3 Å². The predicted octanol–water partition coefficient (Wildman–Crippen LogP) is 3.98. The maximum Gasteiger partial charge on any atom is 0.419 e. The Morgan fingerprint density at radius 2 is 1.91 bits per heavy atom. The third kappa shape index (κ3) is 5.22. The lowest BCUT2D eigenvalue weighted by molar-refractivity contribution is 0.0960. The summed E-state index contributed by atoms with van der Waals surface area (Å²) in [6.45, 7) is 0. The van der Waals surface area contributed by atoms with Gasteiger partial charge >= 0.3 is 6.09 Å². The maximum atomic E-state index is 12.9. The van der Waals surface area contributed by atoms with Gasteiger partial charge in [0, 0.05) is 24.9 Å². The lowest BCUT2D eigenvalue weighted by Gasteiger charge is -2.12. The fraction of sp³-hybridized carbons (Fsp3) is 0.174. The van der Waals surface area contributed by atoms with Crippen LogP contribution in [0.2, 0.25) is 0 Å². The second kappa shape index (κ2) is 9.81. The molecule has 0 radical (unpaired) electrons. The number of pyridine rings is 2. The number of carbonyl (C=O) groups excluding carboxylic acids is 2. The van der Waals surface area contributed by atoms with Crippen molar-refractivity contribution in [3.05, 3.63) is 66.6 Å². The summed E-state index contributed by atoms with van der Waals surface area (Å²) >= 11 is 1.12. The number of anilines is 3. The van der Waals surface area contributed by atoms with Crippen LogP contribution in [-0.4, -0.2) is 44.0 Å². The fourth-order valence-electron chi connectivity index (χ4n) is 3.24. The van der Waals surface area contributed by atoms with Crippen LogP contribution in [0, 0.1) is 0 Å². The predicted molar refractivity (Wildman–Crippen MR) is 130 cm³/mol. The van der Waals surface area contributed by atoms with Crippen molar-refractivity contribution in [3.63, 3.8) is 0 Å². The second-order valence-corrected chi connectivity index (χ2v) is 8.62. The first-order chi connectivity index (χ1) is 17.1. The quantitative estimate of drug-likeness (QED) is 0.352. The highest BCUT2D eigenvalue weighted by atomic mass is 32.1. The van der Waals surface area contributed by atoms with Gasteiger partial charge in [-0.25, -0.2) is 24.7 Å². The minimum absolute atomic E-state index is 0.0644. The van der Waals surface area contributed by atoms with E-state index in [9.17, 15) is 9.59 Å². The molecule has 12 heteroatoms. The smallest absolute Gasteiger partial charge is 0.389 e. The van der Waals surface area contributed by atoms with Crippen LogP contribution in [0.5, 0.6) is 5.88 Å². The van der Waals surface area contributed by atoms with Crippen LogP contribution < -0.4 is 20.7 Å². The van der Waals surface area contributed by atoms with Gasteiger partial charge in [0.05, 0.1) is 23.8 Å². The van der Waals surface area contributed by atoms with E-state index in [0.29, 0.717) is 28.0 Å². The maximum absolute atomic E-state index is 12.9. The van der Waals surface area contributed by atoms with Crippen LogP contribution in [0.4, 0.5) is 21.2 Å². The number of rotatable bonds is 7. The summed E-state index contributed by atoms with van der Waals surface area (Å²) in [6, 6.07) is 9.07. The van der Waals surface area contributed by atoms with E-state index in [1.807, 2.05) is 12.1 Å². The molecule has 3 N–H and O–H groups in total. The Morgan fingerprint density at radius 1 is 1.09 bits per heavy atom. The van der Waals surface area contributed by atoms with Crippen LogP contribution in [0.15, 0.2) is 55.2 Å². The molecule has 35 heavy (non-hydrogen) atoms. The molecule has 4 aromatic heterocycles. The molecule has 0 unspecified atom stereocenters. The van der Waals surface area contributed by atoms with Gasteiger partial charge in [0.1, 0.15) is 22.0 Å². The van der Waals surface area contributed by atoms with Crippen LogP contribution in [0.1, 0.15) is 34.9 Å². The lowest BCUT2D eigenvalue weighted by Crippen LogP contribution is -2.23. The van der Waals surface area contributed by atoms with Crippen molar-refractivity contribution in [2.45, 2.75) is 18.8 Å². The number of nitrogens with zero attached hydrogens (tertiary/aromatic N) is 5. The van der Waals surface area contributed by atoms with Crippen molar-refractivity contribution in [2.75, 3.05) is 17.7 Å². The molecule has 11 nitrogen and oxygen atoms in total. The zero-order chi connectivity index (χ0) is 24.2. The fourth-order valence-corrected chi connectivity index (χ4v) is 4.16. The molecule has 5 rings (SSSR count). The summed E-state index contributed by atoms with van der Waals surface area (Å²) in [5.41, 5.74) is 2.59. The summed E-state index contributed by atoms with van der Waals surface area (Å²) in [5, 5.41) is 9.00. The molecule has 0 bridgehead atoms. The van der Waals surface area contributed by atoms with Crippen molar-refractivity contribution in [2.24, 2.45) is 0 Å². The summed E-state index contributed by atoms with van der Waals surface area (Å²) in [4.78, 5) is 46.4. The Bertz CT molecular complexity index is 1360. The van der Waals surface area contributed by atoms with E-state index in [4.69, 9.17) is 4.74 Å². The third-order valence-corrected chi connectivity index (χ3v) is 6.07. The Balaban J connectivity index is 1.40. The first kappa shape index (κ1) is 22.3. The van der Waals surface area contributed by atoms with Gasteiger partial charge in [0.25, 0.3) is 5.91 Å². The molecular formula is C23H20N8O3S. The highest BCUT2D eigenvalue weighted by Gasteiger charge is 2.27. The average molecular weight is 489 g/mol. The van der Waals surface area contributed by atoms with E-state index in [1.54, 1.807) is 36.8 Å². The number of hydrogen-bond acceptors (Lipinski definition) is 10. The highest BCUT2D eigenvalue weighted by Crippen LogP contribution is 2.41. The molecule has 0 saturated heterocycles. The standard InChI is InChI=1S/C23H20N8O3S/c1-24-19(32)18-22(35-21(30-18)17-4-2-3-9-27-17)31-23(33)34-20-16(28-14-10-25-12-26-11-14)8-7-15(29-20)13-5-6-13/h2-4,7-13,28H,5-6H2,1H3,(H,24,32)(H,31,33). The Labute approximate surface area is 204 Å². The van der Waals surface area contributed by atoms with Crippen LogP contribution in [0.25, 0.3) is 10.7 Å². The van der Waals surface area contributed by atoms with E-state index in [0.717, 1.165) is 29.9 Å². The van der Waals surface area contributed by atoms with Crippen LogP contribution in [0.3, 0.4) is 0 Å². The first-order valence-corrected chi connectivity index (χ1v) is 11.6. The van der Waals surface area contributed by atoms with Crippen molar-refractivity contribution >= 4 is 39.7 Å². The molecule has 1 aliphatic carbocycles. The highest BCUT2D eigenvalue weighted by molar-refractivity contribution is 7.19. The molecule has 0 aromatic carbocycles. The van der Waals surface area contributed by atoms with Gasteiger partial charge in [-0.3, -0.25) is 15.1 Å². The molecule has 4 aromatic rings. The van der Waals surface area contributed by atoms with Crippen molar-refractivity contribution in [1.29, 1.82) is 0 Å². The molecule has 176 valence electrons. The SMILES string of the molecule is CNC(=O)c1nc(-c2ccccn2)sc1NC(=O)Oc1nc(C2CC2)ccc1Nc1cncnc1. The summed E-state index contributed by atoms with van der Waals surface area (Å²) in [5.74, 6) is 0.0162. The van der Waals surface area contributed by atoms with Gasteiger partial charge in [0.2, 0.25) is 5.88 Å². The van der Waals surface area contributed by atoms with E-state index < -0.39 is 12.0 Å². The largest absolute Gasteiger partial charge is 0.419 e. The van der Waals surface area contributed by atoms with E-state index >= 15 is 0 Å². The summed E-state index contributed by atoms with van der Waals surface area (Å²) in [7, 11) is 1.49. The monoisotopic (exact) mass is 488 g/mol. The van der Waals surface area contributed by atoms with Gasteiger partial charge in [0.15, 0.2) is 5.69 Å². The minimum Gasteiger partial charge on any atom is -0.389 e. The van der Waals surface area contributed by atoms with E-state index in [2.05, 4.69) is 40.9 Å². The van der Waals surface area contributed by atoms with Gasteiger partial charge in [-0.2, -0.15) is 0 Å². The molecule has 0 spiro atoms. The first-order valence-electron chi connectivity index (χ1n) is 10.8. The van der Waals surface area contributed by atoms with Crippen molar-refractivity contribution in [3.8, 4) is 16.6 Å². The minimum atomic E-state index is -0.806. The van der Waals surface area contributed by atoms with E-state index in [-0.39, 0.29) is 16.6 Å². The van der Waals surface area contributed by atoms with Crippen molar-refractivity contribution in [1.82, 2.24) is 30.2 Å². The molecule has 1 aliphatic rings. The topological polar surface area (TPSA) is 144 Å². The number of hydrogen-bond donors (Lipinski definition) is 3. The average Bonchev–Trinajstić information content (AvgIpc) is 3.66. The molecule has 2 amide bonds. The van der Waals surface area contributed by atoms with E-state index in [1.165, 1.54) is 13.4 Å². The number of nitrogens with one attached hydrogen (secondary N) is 3. The Hall–Kier alpha value is -4.45. The van der Waals surface area contributed by atoms with Gasteiger partial charge < -0.3 is 15.4 Å². The van der Waals surface area contributed by atoms with Crippen LogP contribution >= 0.6 is 11.3 Å². The molecule has 1 saturated carbocycles. The zero-order valence-corrected chi connectivity index (χ0v) is 19.4. The molecule has 0 aliphatic heterocycles. The number of thiazole rings is 1. The molecule has 4 heterocycles. The van der Waals surface area contributed by atoms with Crippen LogP contribution in [-0.2, 0) is 0 Å². The van der Waals surface area contributed by atoms with Gasteiger partial charge in [-0.15, -0.1) is 0 Å². The number of carbonyl (C=O) groups is 2. The van der Waals surface area contributed by atoms with Gasteiger partial charge in [-0.05, 0) is 37.1 Å². The molecular weight excluding hydrogens is 468 g/mol. The number of aromatic nitrogens is 5. The second-order valence-electron chi connectivity index (χ2n) is 7.62. The summed E-state index contributed by atoms with van der Waals surface area (Å²) in [6.07, 6.45) is 7.52. The third-order valence-electron chi connectivity index (χ3n) is 5.08. The number of ether oxygens (including phenoxy) is 1. The normalized spacial score (nSPS) is 12.6. The Kier molecular flexibility index (Phi) is 6.26. The number of amides is 2. The molecule has 1 fully saturated rings. The van der Waals surface area contributed by atoms with Gasteiger partial charge in [-0.1, -0.05) is 17.4 Å².